The molecule has 3 nitrogen and oxygen atoms in total. The highest BCUT2D eigenvalue weighted by atomic mass is 16.5. The zero-order valence-electron chi connectivity index (χ0n) is 14.3. The predicted octanol–water partition coefficient (Wildman–Crippen LogP) is 3.19. The molecule has 3 rings (SSSR count). The van der Waals surface area contributed by atoms with E-state index in [1.54, 1.807) is 0 Å². The van der Waals surface area contributed by atoms with E-state index in [9.17, 15) is 0 Å². The predicted molar refractivity (Wildman–Crippen MR) is 87.6 cm³/mol. The maximum Gasteiger partial charge on any atom is 0.0655 e. The van der Waals surface area contributed by atoms with Crippen molar-refractivity contribution >= 4 is 0 Å². The van der Waals surface area contributed by atoms with Crippen LogP contribution in [0.5, 0.6) is 0 Å². The summed E-state index contributed by atoms with van der Waals surface area (Å²) < 4.78 is 5.94. The third-order valence-electron chi connectivity index (χ3n) is 6.37. The van der Waals surface area contributed by atoms with Crippen LogP contribution in [0, 0.1) is 5.41 Å². The van der Waals surface area contributed by atoms with Gasteiger partial charge in [0.2, 0.25) is 0 Å². The standard InChI is InChI=1S/C18H34N2O/c1-4-21-16-13-15(17(16,2)3)20-12-8-11-19-18(14-20)9-6-5-7-10-18/h15-16,19H,4-14H2,1-3H3. The summed E-state index contributed by atoms with van der Waals surface area (Å²) in [6.07, 6.45) is 10.0. The fraction of sp³-hybridized carbons (Fsp3) is 1.00. The molecule has 0 radical (unpaired) electrons. The first-order valence-corrected chi connectivity index (χ1v) is 9.18. The van der Waals surface area contributed by atoms with Crippen LogP contribution in [0.3, 0.4) is 0 Å². The quantitative estimate of drug-likeness (QED) is 0.865. The van der Waals surface area contributed by atoms with Crippen molar-refractivity contribution in [2.24, 2.45) is 5.41 Å². The van der Waals surface area contributed by atoms with Gasteiger partial charge in [0.15, 0.2) is 0 Å². The molecule has 1 heterocycles. The van der Waals surface area contributed by atoms with Crippen LogP contribution in [0.25, 0.3) is 0 Å². The molecule has 2 unspecified atom stereocenters. The molecule has 3 heteroatoms. The van der Waals surface area contributed by atoms with Crippen molar-refractivity contribution in [3.63, 3.8) is 0 Å². The number of hydrogen-bond donors (Lipinski definition) is 1. The minimum Gasteiger partial charge on any atom is -0.378 e. The smallest absolute Gasteiger partial charge is 0.0655 e. The molecular weight excluding hydrogens is 260 g/mol. The lowest BCUT2D eigenvalue weighted by Gasteiger charge is -2.57. The Balaban J connectivity index is 1.67. The van der Waals surface area contributed by atoms with Gasteiger partial charge in [0.25, 0.3) is 0 Å². The molecule has 2 aliphatic carbocycles. The average Bonchev–Trinajstić information content (AvgIpc) is 2.66. The molecule has 0 aromatic heterocycles. The first-order valence-electron chi connectivity index (χ1n) is 9.18. The second-order valence-corrected chi connectivity index (χ2v) is 8.11. The van der Waals surface area contributed by atoms with Gasteiger partial charge in [0.05, 0.1) is 6.10 Å². The van der Waals surface area contributed by atoms with Crippen molar-refractivity contribution in [2.45, 2.75) is 83.4 Å². The van der Waals surface area contributed by atoms with Crippen LogP contribution in [0.2, 0.25) is 0 Å². The molecular formula is C18H34N2O. The van der Waals surface area contributed by atoms with E-state index in [4.69, 9.17) is 4.74 Å². The number of nitrogens with one attached hydrogen (secondary N) is 1. The second-order valence-electron chi connectivity index (χ2n) is 8.11. The molecule has 0 bridgehead atoms. The Morgan fingerprint density at radius 2 is 1.90 bits per heavy atom. The van der Waals surface area contributed by atoms with Crippen molar-refractivity contribution < 1.29 is 4.74 Å². The lowest BCUT2D eigenvalue weighted by molar-refractivity contribution is -0.152. The SMILES string of the molecule is CCOC1CC(N2CCCNC3(CCCCC3)C2)C1(C)C. The van der Waals surface area contributed by atoms with E-state index in [-0.39, 0.29) is 0 Å². The molecule has 1 N–H and O–H groups in total. The summed E-state index contributed by atoms with van der Waals surface area (Å²) in [7, 11) is 0. The lowest BCUT2D eigenvalue weighted by atomic mass is 9.63. The van der Waals surface area contributed by atoms with Gasteiger partial charge in [-0.3, -0.25) is 4.90 Å². The van der Waals surface area contributed by atoms with E-state index in [1.165, 1.54) is 64.6 Å². The molecule has 0 aromatic carbocycles. The normalized spacial score (nSPS) is 36.1. The van der Waals surface area contributed by atoms with Gasteiger partial charge in [0.1, 0.15) is 0 Å². The molecule has 21 heavy (non-hydrogen) atoms. The average molecular weight is 294 g/mol. The molecule has 0 aromatic rings. The van der Waals surface area contributed by atoms with Crippen LogP contribution in [-0.2, 0) is 4.74 Å². The number of rotatable bonds is 3. The van der Waals surface area contributed by atoms with Gasteiger partial charge in [-0.2, -0.15) is 0 Å². The maximum absolute atomic E-state index is 5.94. The third kappa shape index (κ3) is 3.02. The summed E-state index contributed by atoms with van der Waals surface area (Å²) >= 11 is 0. The maximum atomic E-state index is 5.94. The minimum absolute atomic E-state index is 0.316. The molecule has 3 fully saturated rings. The zero-order valence-corrected chi connectivity index (χ0v) is 14.3. The Morgan fingerprint density at radius 1 is 1.14 bits per heavy atom. The molecule has 2 atom stereocenters. The van der Waals surface area contributed by atoms with Crippen molar-refractivity contribution in [3.05, 3.63) is 0 Å². The van der Waals surface area contributed by atoms with Crippen molar-refractivity contribution in [1.29, 1.82) is 0 Å². The molecule has 1 aliphatic heterocycles. The van der Waals surface area contributed by atoms with Crippen LogP contribution < -0.4 is 5.32 Å². The van der Waals surface area contributed by atoms with Crippen LogP contribution in [0.1, 0.15) is 65.7 Å². The number of hydrogen-bond acceptors (Lipinski definition) is 3. The van der Waals surface area contributed by atoms with Crippen LogP contribution in [0.15, 0.2) is 0 Å². The van der Waals surface area contributed by atoms with Crippen molar-refractivity contribution in [3.8, 4) is 0 Å². The van der Waals surface area contributed by atoms with Gasteiger partial charge < -0.3 is 10.1 Å². The van der Waals surface area contributed by atoms with E-state index in [0.29, 0.717) is 23.1 Å². The summed E-state index contributed by atoms with van der Waals surface area (Å²) in [5.41, 5.74) is 0.734. The van der Waals surface area contributed by atoms with Gasteiger partial charge in [0, 0.05) is 30.1 Å². The molecule has 0 amide bonds. The first-order chi connectivity index (χ1) is 10.1. The molecule has 1 spiro atoms. The second kappa shape index (κ2) is 6.17. The molecule has 2 saturated carbocycles. The van der Waals surface area contributed by atoms with Crippen molar-refractivity contribution in [2.75, 3.05) is 26.2 Å². The molecule has 1 saturated heterocycles. The van der Waals surface area contributed by atoms with Crippen molar-refractivity contribution in [1.82, 2.24) is 10.2 Å². The topological polar surface area (TPSA) is 24.5 Å². The highest BCUT2D eigenvalue weighted by molar-refractivity contribution is 5.06. The fourth-order valence-corrected chi connectivity index (χ4v) is 4.96. The van der Waals surface area contributed by atoms with Gasteiger partial charge in [-0.15, -0.1) is 0 Å². The Morgan fingerprint density at radius 3 is 2.57 bits per heavy atom. The Labute approximate surface area is 130 Å². The highest BCUT2D eigenvalue weighted by Gasteiger charge is 2.52. The van der Waals surface area contributed by atoms with E-state index in [0.717, 1.165) is 6.61 Å². The Hall–Kier alpha value is -0.120. The van der Waals surface area contributed by atoms with E-state index in [2.05, 4.69) is 31.0 Å². The summed E-state index contributed by atoms with van der Waals surface area (Å²) in [5.74, 6) is 0. The summed E-state index contributed by atoms with van der Waals surface area (Å²) in [6, 6.07) is 0.716. The Kier molecular flexibility index (Phi) is 4.63. The van der Waals surface area contributed by atoms with Gasteiger partial charge in [-0.1, -0.05) is 33.1 Å². The van der Waals surface area contributed by atoms with Gasteiger partial charge >= 0.3 is 0 Å². The monoisotopic (exact) mass is 294 g/mol. The van der Waals surface area contributed by atoms with E-state index in [1.807, 2.05) is 0 Å². The fourth-order valence-electron chi connectivity index (χ4n) is 4.96. The molecule has 3 aliphatic rings. The summed E-state index contributed by atoms with van der Waals surface area (Å²) in [6.45, 7) is 11.5. The van der Waals surface area contributed by atoms with Gasteiger partial charge in [-0.25, -0.2) is 0 Å². The Bertz CT molecular complexity index is 349. The zero-order chi connectivity index (χ0) is 14.9. The first kappa shape index (κ1) is 15.8. The number of ether oxygens (including phenoxy) is 1. The van der Waals surface area contributed by atoms with Crippen LogP contribution in [-0.4, -0.2) is 48.8 Å². The third-order valence-corrected chi connectivity index (χ3v) is 6.37. The summed E-state index contributed by atoms with van der Waals surface area (Å²) in [4.78, 5) is 2.81. The largest absolute Gasteiger partial charge is 0.378 e. The van der Waals surface area contributed by atoms with Crippen LogP contribution >= 0.6 is 0 Å². The van der Waals surface area contributed by atoms with Crippen LogP contribution in [0.4, 0.5) is 0 Å². The highest BCUT2D eigenvalue weighted by Crippen LogP contribution is 2.47. The lowest BCUT2D eigenvalue weighted by Crippen LogP contribution is -2.65. The minimum atomic E-state index is 0.316. The molecule has 122 valence electrons. The van der Waals surface area contributed by atoms with E-state index < -0.39 is 0 Å². The van der Waals surface area contributed by atoms with Gasteiger partial charge in [-0.05, 0) is 45.7 Å². The summed E-state index contributed by atoms with van der Waals surface area (Å²) in [5, 5.41) is 3.92. The number of nitrogens with zero attached hydrogens (tertiary/aromatic N) is 1. The van der Waals surface area contributed by atoms with E-state index >= 15 is 0 Å².